The van der Waals surface area contributed by atoms with Crippen molar-refractivity contribution in [3.8, 4) is 0 Å². The van der Waals surface area contributed by atoms with E-state index >= 15 is 0 Å². The Balaban J connectivity index is 1.45. The van der Waals surface area contributed by atoms with Crippen LogP contribution in [-0.2, 0) is 9.59 Å². The molecule has 0 aromatic heterocycles. The highest BCUT2D eigenvalue weighted by Crippen LogP contribution is 2.19. The molecule has 1 atom stereocenters. The molecule has 0 saturated carbocycles. The number of halogens is 1. The molecule has 0 radical (unpaired) electrons. The van der Waals surface area contributed by atoms with Crippen molar-refractivity contribution in [2.75, 3.05) is 26.2 Å². The first kappa shape index (κ1) is 21.8. The first-order valence-electron chi connectivity index (χ1n) is 10.7. The van der Waals surface area contributed by atoms with E-state index in [1.54, 1.807) is 12.1 Å². The fraction of sp³-hybridized carbons (Fsp3) is 0.591. The molecule has 2 aliphatic heterocycles. The van der Waals surface area contributed by atoms with Crippen LogP contribution in [0.3, 0.4) is 0 Å². The molecule has 29 heavy (non-hydrogen) atoms. The summed E-state index contributed by atoms with van der Waals surface area (Å²) in [6, 6.07) is 8.07. The van der Waals surface area contributed by atoms with Crippen LogP contribution < -0.4 is 5.32 Å². The van der Waals surface area contributed by atoms with Gasteiger partial charge in [0.05, 0.1) is 5.71 Å². The Morgan fingerprint density at radius 1 is 1.24 bits per heavy atom. The van der Waals surface area contributed by atoms with Crippen molar-refractivity contribution in [3.05, 3.63) is 34.9 Å². The van der Waals surface area contributed by atoms with Crippen molar-refractivity contribution in [2.24, 2.45) is 5.10 Å². The molecule has 6 nitrogen and oxygen atoms in total. The average molecular weight is 419 g/mol. The van der Waals surface area contributed by atoms with E-state index in [0.29, 0.717) is 30.5 Å². The monoisotopic (exact) mass is 418 g/mol. The Morgan fingerprint density at radius 3 is 2.79 bits per heavy atom. The second-order valence-electron chi connectivity index (χ2n) is 7.80. The fourth-order valence-electron chi connectivity index (χ4n) is 4.09. The molecule has 1 saturated heterocycles. The van der Waals surface area contributed by atoms with Gasteiger partial charge in [-0.25, -0.2) is 5.01 Å². The molecule has 1 fully saturated rings. The molecule has 1 aromatic carbocycles. The van der Waals surface area contributed by atoms with Gasteiger partial charge in [-0.3, -0.25) is 9.59 Å². The number of carbonyl (C=O) groups is 2. The number of hydrogen-bond acceptors (Lipinski definition) is 4. The molecule has 1 unspecified atom stereocenters. The zero-order valence-corrected chi connectivity index (χ0v) is 18.0. The number of nitrogens with zero attached hydrogens (tertiary/aromatic N) is 3. The molecule has 2 amide bonds. The van der Waals surface area contributed by atoms with Crippen LogP contribution >= 0.6 is 11.6 Å². The lowest BCUT2D eigenvalue weighted by Gasteiger charge is -2.35. The number of piperidine rings is 1. The Labute approximate surface area is 178 Å². The van der Waals surface area contributed by atoms with Crippen molar-refractivity contribution in [2.45, 2.75) is 57.9 Å². The van der Waals surface area contributed by atoms with Crippen LogP contribution in [0.1, 0.15) is 57.4 Å². The maximum atomic E-state index is 12.3. The predicted octanol–water partition coefficient (Wildman–Crippen LogP) is 3.44. The highest BCUT2D eigenvalue weighted by molar-refractivity contribution is 6.30. The molecule has 1 N–H and O–H groups in total. The third-order valence-corrected chi connectivity index (χ3v) is 5.99. The summed E-state index contributed by atoms with van der Waals surface area (Å²) in [7, 11) is 0. The van der Waals surface area contributed by atoms with Gasteiger partial charge in [0.15, 0.2) is 0 Å². The summed E-state index contributed by atoms with van der Waals surface area (Å²) >= 11 is 5.94. The minimum absolute atomic E-state index is 0.0305. The van der Waals surface area contributed by atoms with Crippen LogP contribution in [0.4, 0.5) is 0 Å². The third kappa shape index (κ3) is 6.28. The predicted molar refractivity (Wildman–Crippen MR) is 116 cm³/mol. The van der Waals surface area contributed by atoms with Crippen molar-refractivity contribution < 1.29 is 9.59 Å². The second kappa shape index (κ2) is 10.7. The quantitative estimate of drug-likeness (QED) is 0.657. The van der Waals surface area contributed by atoms with Crippen LogP contribution in [0.2, 0.25) is 5.02 Å². The number of rotatable bonds is 8. The topological polar surface area (TPSA) is 65.0 Å². The van der Waals surface area contributed by atoms with E-state index in [-0.39, 0.29) is 18.4 Å². The largest absolute Gasteiger partial charge is 0.354 e. The van der Waals surface area contributed by atoms with Gasteiger partial charge in [-0.05, 0) is 49.9 Å². The maximum absolute atomic E-state index is 12.3. The molecule has 0 spiro atoms. The van der Waals surface area contributed by atoms with E-state index in [0.717, 1.165) is 30.8 Å². The summed E-state index contributed by atoms with van der Waals surface area (Å²) < 4.78 is 0. The zero-order valence-electron chi connectivity index (χ0n) is 17.2. The highest BCUT2D eigenvalue weighted by Gasteiger charge is 2.23. The van der Waals surface area contributed by atoms with Gasteiger partial charge in [-0.1, -0.05) is 37.1 Å². The summed E-state index contributed by atoms with van der Waals surface area (Å²) in [4.78, 5) is 27.0. The highest BCUT2D eigenvalue weighted by atomic mass is 35.5. The lowest BCUT2D eigenvalue weighted by Crippen LogP contribution is -2.42. The smallest absolute Gasteiger partial charge is 0.243 e. The lowest BCUT2D eigenvalue weighted by atomic mass is 10.00. The Morgan fingerprint density at radius 2 is 2.03 bits per heavy atom. The summed E-state index contributed by atoms with van der Waals surface area (Å²) in [5.74, 6) is -0.276. The number of carbonyl (C=O) groups excluding carboxylic acids is 2. The molecule has 0 aliphatic carbocycles. The summed E-state index contributed by atoms with van der Waals surface area (Å²) in [5.41, 5.74) is 1.74. The number of hydrogen-bond donors (Lipinski definition) is 1. The van der Waals surface area contributed by atoms with E-state index in [4.69, 9.17) is 11.6 Å². The van der Waals surface area contributed by atoms with Gasteiger partial charge in [-0.2, -0.15) is 5.10 Å². The number of amides is 2. The average Bonchev–Trinajstić information content (AvgIpc) is 2.73. The molecule has 2 aliphatic rings. The van der Waals surface area contributed by atoms with E-state index in [1.165, 1.54) is 30.7 Å². The van der Waals surface area contributed by atoms with E-state index in [1.807, 2.05) is 12.1 Å². The van der Waals surface area contributed by atoms with Gasteiger partial charge in [-0.15, -0.1) is 0 Å². The SMILES string of the molecule is CCC1CCCCN1CCCNC(=O)CN1N=C(c2ccc(Cl)cc2)CCC1=O. The van der Waals surface area contributed by atoms with Crippen LogP contribution in [0, 0.1) is 0 Å². The minimum Gasteiger partial charge on any atom is -0.354 e. The minimum atomic E-state index is -0.162. The Bertz CT molecular complexity index is 735. The normalized spacial score (nSPS) is 20.5. The molecular formula is C22H31ClN4O2. The van der Waals surface area contributed by atoms with Gasteiger partial charge in [0.1, 0.15) is 6.54 Å². The maximum Gasteiger partial charge on any atom is 0.243 e. The zero-order chi connectivity index (χ0) is 20.6. The van der Waals surface area contributed by atoms with E-state index in [9.17, 15) is 9.59 Å². The number of benzene rings is 1. The van der Waals surface area contributed by atoms with Crippen LogP contribution in [0.25, 0.3) is 0 Å². The fourth-order valence-corrected chi connectivity index (χ4v) is 4.22. The van der Waals surface area contributed by atoms with E-state index in [2.05, 4.69) is 22.2 Å². The number of hydrazone groups is 1. The van der Waals surface area contributed by atoms with Gasteiger partial charge in [0.25, 0.3) is 0 Å². The molecule has 0 bridgehead atoms. The van der Waals surface area contributed by atoms with Crippen molar-refractivity contribution >= 4 is 29.1 Å². The first-order valence-corrected chi connectivity index (χ1v) is 11.1. The van der Waals surface area contributed by atoms with Crippen LogP contribution in [0.5, 0.6) is 0 Å². The number of nitrogens with one attached hydrogen (secondary N) is 1. The van der Waals surface area contributed by atoms with Gasteiger partial charge in [0.2, 0.25) is 11.8 Å². The molecule has 2 heterocycles. The first-order chi connectivity index (χ1) is 14.1. The number of likely N-dealkylation sites (tertiary alicyclic amines) is 1. The molecule has 158 valence electrons. The summed E-state index contributed by atoms with van der Waals surface area (Å²) in [5, 5.41) is 9.30. The van der Waals surface area contributed by atoms with E-state index < -0.39 is 0 Å². The van der Waals surface area contributed by atoms with Crippen LogP contribution in [0.15, 0.2) is 29.4 Å². The van der Waals surface area contributed by atoms with Crippen LogP contribution in [-0.4, -0.2) is 59.7 Å². The second-order valence-corrected chi connectivity index (χ2v) is 8.24. The van der Waals surface area contributed by atoms with Crippen molar-refractivity contribution in [1.29, 1.82) is 0 Å². The summed E-state index contributed by atoms with van der Waals surface area (Å²) in [6.07, 6.45) is 6.94. The standard InChI is InChI=1S/C22H31ClN4O2/c1-2-19-6-3-4-14-26(19)15-5-13-24-21(28)16-27-22(29)12-11-20(25-27)17-7-9-18(23)10-8-17/h7-10,19H,2-6,11-16H2,1H3,(H,24,28). The molecule has 3 rings (SSSR count). The van der Waals surface area contributed by atoms with Crippen molar-refractivity contribution in [3.63, 3.8) is 0 Å². The lowest BCUT2D eigenvalue weighted by molar-refractivity contribution is -0.136. The summed E-state index contributed by atoms with van der Waals surface area (Å²) in [6.45, 7) is 5.02. The van der Waals surface area contributed by atoms with Gasteiger partial charge < -0.3 is 10.2 Å². The van der Waals surface area contributed by atoms with Gasteiger partial charge >= 0.3 is 0 Å². The molecule has 7 heteroatoms. The third-order valence-electron chi connectivity index (χ3n) is 5.74. The molecule has 1 aromatic rings. The Hall–Kier alpha value is -1.92. The Kier molecular flexibility index (Phi) is 8.07. The van der Waals surface area contributed by atoms with Gasteiger partial charge in [0, 0.05) is 37.0 Å². The van der Waals surface area contributed by atoms with Crippen molar-refractivity contribution in [1.82, 2.24) is 15.2 Å². The molecular weight excluding hydrogens is 388 g/mol.